The molecule has 0 spiro atoms. The normalized spacial score (nSPS) is 10.9. The van der Waals surface area contributed by atoms with Crippen molar-refractivity contribution in [3.63, 3.8) is 0 Å². The maximum atomic E-state index is 13.4. The van der Waals surface area contributed by atoms with E-state index in [4.69, 9.17) is 10.5 Å². The third-order valence-electron chi connectivity index (χ3n) is 3.94. The number of amides is 1. The van der Waals surface area contributed by atoms with Crippen LogP contribution in [0.4, 0.5) is 4.39 Å². The number of hydrogen-bond acceptors (Lipinski definition) is 5. The molecule has 0 radical (unpaired) electrons. The highest BCUT2D eigenvalue weighted by Gasteiger charge is 2.15. The van der Waals surface area contributed by atoms with Gasteiger partial charge in [0.2, 0.25) is 5.88 Å². The second-order valence-electron chi connectivity index (χ2n) is 6.40. The number of carbonyl (C=O) groups is 1. The minimum atomic E-state index is -0.625. The molecule has 7 nitrogen and oxygen atoms in total. The first-order chi connectivity index (χ1) is 13.3. The zero-order valence-electron chi connectivity index (χ0n) is 15.4. The molecule has 144 valence electrons. The van der Waals surface area contributed by atoms with Crippen molar-refractivity contribution in [3.8, 4) is 28.4 Å². The highest BCUT2D eigenvalue weighted by atomic mass is 19.1. The minimum Gasteiger partial charge on any atom is -0.468 e. The summed E-state index contributed by atoms with van der Waals surface area (Å²) < 4.78 is 20.0. The van der Waals surface area contributed by atoms with E-state index in [1.165, 1.54) is 22.9 Å². The highest BCUT2D eigenvalue weighted by Crippen LogP contribution is 2.31. The Balaban J connectivity index is 2.14. The maximum Gasteiger partial charge on any atom is 0.267 e. The molecule has 3 aromatic rings. The Morgan fingerprint density at radius 2 is 1.86 bits per heavy atom. The summed E-state index contributed by atoms with van der Waals surface area (Å²) in [6.45, 7) is 3.40. The number of benzene rings is 1. The van der Waals surface area contributed by atoms with Crippen LogP contribution in [0.3, 0.4) is 0 Å². The molecule has 2 heterocycles. The summed E-state index contributed by atoms with van der Waals surface area (Å²) in [4.78, 5) is 27.4. The lowest BCUT2D eigenvalue weighted by Gasteiger charge is -2.14. The molecule has 0 atom stereocenters. The molecule has 0 bridgehead atoms. The lowest BCUT2D eigenvalue weighted by atomic mass is 10.0. The van der Waals surface area contributed by atoms with Crippen LogP contribution in [0.15, 0.2) is 53.3 Å². The predicted octanol–water partition coefficient (Wildman–Crippen LogP) is 2.56. The molecule has 0 saturated carbocycles. The molecule has 2 aromatic heterocycles. The van der Waals surface area contributed by atoms with Gasteiger partial charge in [0.25, 0.3) is 11.5 Å². The number of hydrogen-bond donors (Lipinski definition) is 1. The number of halogens is 1. The van der Waals surface area contributed by atoms with Crippen LogP contribution in [0.5, 0.6) is 5.88 Å². The van der Waals surface area contributed by atoms with E-state index in [-0.39, 0.29) is 29.9 Å². The van der Waals surface area contributed by atoms with Gasteiger partial charge in [0.1, 0.15) is 5.82 Å². The van der Waals surface area contributed by atoms with E-state index in [2.05, 4.69) is 10.1 Å². The van der Waals surface area contributed by atoms with E-state index in [0.29, 0.717) is 22.5 Å². The molecule has 0 aliphatic rings. The van der Waals surface area contributed by atoms with Gasteiger partial charge in [0, 0.05) is 23.3 Å². The zero-order valence-corrected chi connectivity index (χ0v) is 15.4. The lowest BCUT2D eigenvalue weighted by Crippen LogP contribution is -2.24. The molecule has 2 N–H and O–H groups in total. The first-order valence-electron chi connectivity index (χ1n) is 8.63. The van der Waals surface area contributed by atoms with Crippen LogP contribution in [0.1, 0.15) is 19.9 Å². The van der Waals surface area contributed by atoms with Crippen LogP contribution in [0.2, 0.25) is 0 Å². The highest BCUT2D eigenvalue weighted by molar-refractivity contribution is 5.79. The molecule has 1 amide bonds. The molecular formula is C20H19FN4O3. The number of nitrogens with zero attached hydrogens (tertiary/aromatic N) is 3. The molecule has 0 saturated heterocycles. The largest absolute Gasteiger partial charge is 0.468 e. The van der Waals surface area contributed by atoms with Crippen molar-refractivity contribution in [2.45, 2.75) is 19.9 Å². The summed E-state index contributed by atoms with van der Waals surface area (Å²) in [6.07, 6.45) is 0. The monoisotopic (exact) mass is 382 g/mol. The van der Waals surface area contributed by atoms with Crippen molar-refractivity contribution in [1.82, 2.24) is 14.8 Å². The van der Waals surface area contributed by atoms with E-state index < -0.39 is 5.91 Å². The fourth-order valence-electron chi connectivity index (χ4n) is 2.64. The van der Waals surface area contributed by atoms with Crippen LogP contribution in [-0.4, -0.2) is 27.3 Å². The van der Waals surface area contributed by atoms with Crippen molar-refractivity contribution >= 4 is 5.91 Å². The Morgan fingerprint density at radius 3 is 2.50 bits per heavy atom. The molecule has 8 heteroatoms. The van der Waals surface area contributed by atoms with Crippen LogP contribution in [-0.2, 0) is 4.79 Å². The summed E-state index contributed by atoms with van der Waals surface area (Å²) in [6, 6.07) is 12.0. The van der Waals surface area contributed by atoms with Gasteiger partial charge < -0.3 is 10.5 Å². The number of pyridine rings is 1. The summed E-state index contributed by atoms with van der Waals surface area (Å²) in [7, 11) is 0. The lowest BCUT2D eigenvalue weighted by molar-refractivity contribution is -0.120. The molecule has 0 aliphatic heterocycles. The van der Waals surface area contributed by atoms with Gasteiger partial charge in [0.05, 0.1) is 17.4 Å². The molecule has 0 aliphatic carbocycles. The Bertz CT molecular complexity index is 1060. The van der Waals surface area contributed by atoms with Gasteiger partial charge in [0.15, 0.2) is 6.61 Å². The van der Waals surface area contributed by atoms with Crippen molar-refractivity contribution in [3.05, 3.63) is 64.7 Å². The summed E-state index contributed by atoms with van der Waals surface area (Å²) >= 11 is 0. The Labute approximate surface area is 160 Å². The number of aromatic nitrogens is 3. The zero-order chi connectivity index (χ0) is 20.3. The van der Waals surface area contributed by atoms with Crippen LogP contribution >= 0.6 is 0 Å². The third kappa shape index (κ3) is 4.22. The summed E-state index contributed by atoms with van der Waals surface area (Å²) in [5.74, 6) is -0.808. The number of carbonyl (C=O) groups excluding carboxylic acids is 1. The fraction of sp³-hybridized carbons (Fsp3) is 0.200. The average Bonchev–Trinajstić information content (AvgIpc) is 2.67. The molecular weight excluding hydrogens is 363 g/mol. The van der Waals surface area contributed by atoms with Gasteiger partial charge >= 0.3 is 0 Å². The van der Waals surface area contributed by atoms with E-state index in [0.717, 1.165) is 0 Å². The third-order valence-corrected chi connectivity index (χ3v) is 3.94. The number of primary amides is 1. The number of rotatable bonds is 6. The van der Waals surface area contributed by atoms with E-state index in [9.17, 15) is 14.0 Å². The molecule has 0 unspecified atom stereocenters. The Morgan fingerprint density at radius 1 is 1.14 bits per heavy atom. The molecule has 0 fully saturated rings. The Hall–Kier alpha value is -3.55. The smallest absolute Gasteiger partial charge is 0.267 e. The minimum absolute atomic E-state index is 0.118. The molecule has 1 aromatic carbocycles. The van der Waals surface area contributed by atoms with Crippen LogP contribution < -0.4 is 16.0 Å². The topological polar surface area (TPSA) is 100 Å². The van der Waals surface area contributed by atoms with E-state index in [1.54, 1.807) is 30.3 Å². The van der Waals surface area contributed by atoms with Gasteiger partial charge in [-0.1, -0.05) is 0 Å². The van der Waals surface area contributed by atoms with Gasteiger partial charge in [-0.25, -0.2) is 14.1 Å². The van der Waals surface area contributed by atoms with Gasteiger partial charge in [-0.2, -0.15) is 5.10 Å². The number of nitrogens with two attached hydrogens (primary N) is 1. The first-order valence-corrected chi connectivity index (χ1v) is 8.63. The van der Waals surface area contributed by atoms with Gasteiger partial charge in [-0.05, 0) is 50.2 Å². The molecule has 28 heavy (non-hydrogen) atoms. The van der Waals surface area contributed by atoms with Crippen molar-refractivity contribution < 1.29 is 13.9 Å². The van der Waals surface area contributed by atoms with Gasteiger partial charge in [-0.3, -0.25) is 9.59 Å². The van der Waals surface area contributed by atoms with E-state index >= 15 is 0 Å². The fourth-order valence-corrected chi connectivity index (χ4v) is 2.64. The Kier molecular flexibility index (Phi) is 5.49. The maximum absolute atomic E-state index is 13.4. The van der Waals surface area contributed by atoms with E-state index in [1.807, 2.05) is 13.8 Å². The predicted molar refractivity (Wildman–Crippen MR) is 102 cm³/mol. The van der Waals surface area contributed by atoms with Crippen LogP contribution in [0, 0.1) is 5.82 Å². The van der Waals surface area contributed by atoms with Crippen molar-refractivity contribution in [1.29, 1.82) is 0 Å². The summed E-state index contributed by atoms with van der Waals surface area (Å²) in [5, 5.41) is 4.42. The first kappa shape index (κ1) is 19.2. The quantitative estimate of drug-likeness (QED) is 0.706. The molecule has 3 rings (SSSR count). The average molecular weight is 382 g/mol. The van der Waals surface area contributed by atoms with Crippen molar-refractivity contribution in [2.24, 2.45) is 5.73 Å². The van der Waals surface area contributed by atoms with Crippen molar-refractivity contribution in [2.75, 3.05) is 6.61 Å². The SMILES string of the molecule is CC(C)n1nc(-c2ccc(OCC(N)=O)nc2-c2ccc(F)cc2)ccc1=O. The standard InChI is InChI=1S/C20H19FN4O3/c1-12(2)25-19(27)10-8-16(24-25)15-7-9-18(28-11-17(22)26)23-20(15)13-3-5-14(21)6-4-13/h3-10,12H,11H2,1-2H3,(H2,22,26). The summed E-state index contributed by atoms with van der Waals surface area (Å²) in [5.41, 5.74) is 7.16. The number of ether oxygens (including phenoxy) is 1. The van der Waals surface area contributed by atoms with Crippen LogP contribution in [0.25, 0.3) is 22.5 Å². The second-order valence-corrected chi connectivity index (χ2v) is 6.40. The second kappa shape index (κ2) is 7.99. The van der Waals surface area contributed by atoms with Gasteiger partial charge in [-0.15, -0.1) is 0 Å².